The molecule has 0 bridgehead atoms. The summed E-state index contributed by atoms with van der Waals surface area (Å²) in [4.78, 5) is 25.6. The van der Waals surface area contributed by atoms with E-state index in [2.05, 4.69) is 5.32 Å². The molecule has 0 spiro atoms. The number of hydrogen-bond acceptors (Lipinski definition) is 3. The summed E-state index contributed by atoms with van der Waals surface area (Å²) in [5, 5.41) is 12.7. The van der Waals surface area contributed by atoms with Gasteiger partial charge in [-0.1, -0.05) is 59.7 Å². The first-order valence-electron chi connectivity index (χ1n) is 8.77. The summed E-state index contributed by atoms with van der Waals surface area (Å²) >= 11 is 1.26. The third-order valence-electron chi connectivity index (χ3n) is 4.92. The van der Waals surface area contributed by atoms with Gasteiger partial charge in [0.15, 0.2) is 0 Å². The summed E-state index contributed by atoms with van der Waals surface area (Å²) < 4.78 is 0. The number of nitrogens with one attached hydrogen (secondary N) is 1. The molecule has 136 valence electrons. The first-order valence-corrected chi connectivity index (χ1v) is 9.59. The number of carboxylic acid groups (broad SMARTS) is 1. The van der Waals surface area contributed by atoms with E-state index in [0.29, 0.717) is 17.7 Å². The van der Waals surface area contributed by atoms with Crippen molar-refractivity contribution in [2.75, 3.05) is 5.32 Å². The van der Waals surface area contributed by atoms with E-state index in [9.17, 15) is 14.7 Å². The van der Waals surface area contributed by atoms with Gasteiger partial charge in [-0.25, -0.2) is 4.79 Å². The molecule has 0 unspecified atom stereocenters. The Labute approximate surface area is 161 Å². The largest absolute Gasteiger partial charge is 0.477 e. The molecule has 2 heterocycles. The van der Waals surface area contributed by atoms with E-state index in [0.717, 1.165) is 27.1 Å². The van der Waals surface area contributed by atoms with E-state index < -0.39 is 5.97 Å². The molecule has 1 aliphatic heterocycles. The van der Waals surface area contributed by atoms with Crippen LogP contribution in [0.3, 0.4) is 0 Å². The number of fused-ring (bicyclic) bond motifs is 1. The maximum absolute atomic E-state index is 12.4. The number of rotatable bonds is 3. The van der Waals surface area contributed by atoms with Crippen molar-refractivity contribution in [1.82, 2.24) is 0 Å². The van der Waals surface area contributed by atoms with E-state index in [-0.39, 0.29) is 16.7 Å². The molecule has 0 aliphatic carbocycles. The minimum atomic E-state index is -0.970. The van der Waals surface area contributed by atoms with Crippen molar-refractivity contribution in [2.45, 2.75) is 26.2 Å². The number of carboxylic acids is 1. The molecule has 3 aromatic rings. The molecule has 0 saturated heterocycles. The SMILES string of the molecule is Cc1ccc(-c2c(C(=O)O)sc3c2NC(=O)C[C@@H]3c2ccc(C)cc2)cc1. The monoisotopic (exact) mass is 377 g/mol. The van der Waals surface area contributed by atoms with Crippen molar-refractivity contribution in [3.63, 3.8) is 0 Å². The van der Waals surface area contributed by atoms with Crippen LogP contribution in [0.15, 0.2) is 48.5 Å². The van der Waals surface area contributed by atoms with Gasteiger partial charge in [0.25, 0.3) is 0 Å². The fourth-order valence-corrected chi connectivity index (χ4v) is 4.75. The zero-order valence-corrected chi connectivity index (χ0v) is 15.9. The van der Waals surface area contributed by atoms with Crippen molar-refractivity contribution in [2.24, 2.45) is 0 Å². The summed E-state index contributed by atoms with van der Waals surface area (Å²) in [5.41, 5.74) is 5.33. The minimum absolute atomic E-state index is 0.0869. The first kappa shape index (κ1) is 17.5. The average molecular weight is 377 g/mol. The van der Waals surface area contributed by atoms with Crippen LogP contribution in [0.5, 0.6) is 0 Å². The molecular weight excluding hydrogens is 358 g/mol. The molecule has 1 atom stereocenters. The number of carbonyl (C=O) groups is 2. The average Bonchev–Trinajstić information content (AvgIpc) is 3.02. The van der Waals surface area contributed by atoms with Crippen LogP contribution in [0, 0.1) is 13.8 Å². The zero-order valence-electron chi connectivity index (χ0n) is 15.1. The highest BCUT2D eigenvalue weighted by Gasteiger charge is 2.34. The Morgan fingerprint density at radius 2 is 1.63 bits per heavy atom. The Balaban J connectivity index is 1.92. The second-order valence-electron chi connectivity index (χ2n) is 6.93. The summed E-state index contributed by atoms with van der Waals surface area (Å²) in [6, 6.07) is 15.8. The molecule has 0 fully saturated rings. The third-order valence-corrected chi connectivity index (χ3v) is 6.21. The second-order valence-corrected chi connectivity index (χ2v) is 7.98. The lowest BCUT2D eigenvalue weighted by atomic mass is 9.88. The standard InChI is InChI=1S/C22H19NO3S/c1-12-3-7-14(8-4-12)16-11-17(24)23-19-18(15-9-5-13(2)6-10-15)21(22(25)26)27-20(16)19/h3-10,16H,11H2,1-2H3,(H,23,24)(H,25,26)/t16-/m1/s1. The maximum Gasteiger partial charge on any atom is 0.346 e. The highest BCUT2D eigenvalue weighted by molar-refractivity contribution is 7.15. The lowest BCUT2D eigenvalue weighted by Crippen LogP contribution is -2.22. The van der Waals surface area contributed by atoms with Gasteiger partial charge in [-0.3, -0.25) is 4.79 Å². The Hall–Kier alpha value is -2.92. The molecule has 1 aromatic heterocycles. The van der Waals surface area contributed by atoms with Crippen LogP contribution >= 0.6 is 11.3 Å². The molecular formula is C22H19NO3S. The predicted molar refractivity (Wildman–Crippen MR) is 108 cm³/mol. The topological polar surface area (TPSA) is 66.4 Å². The Kier molecular flexibility index (Phi) is 4.32. The number of aryl methyl sites for hydroxylation is 2. The van der Waals surface area contributed by atoms with Gasteiger partial charge in [0.05, 0.1) is 5.69 Å². The van der Waals surface area contributed by atoms with Crippen molar-refractivity contribution >= 4 is 28.9 Å². The number of thiophene rings is 1. The zero-order chi connectivity index (χ0) is 19.1. The van der Waals surface area contributed by atoms with Gasteiger partial charge in [-0.05, 0) is 25.0 Å². The van der Waals surface area contributed by atoms with Gasteiger partial charge in [0.1, 0.15) is 4.88 Å². The van der Waals surface area contributed by atoms with Gasteiger partial charge >= 0.3 is 5.97 Å². The summed E-state index contributed by atoms with van der Waals surface area (Å²) in [7, 11) is 0. The lowest BCUT2D eigenvalue weighted by Gasteiger charge is -2.24. The highest BCUT2D eigenvalue weighted by atomic mass is 32.1. The normalized spacial score (nSPS) is 15.9. The Morgan fingerprint density at radius 3 is 2.22 bits per heavy atom. The Bertz CT molecular complexity index is 1030. The van der Waals surface area contributed by atoms with Gasteiger partial charge in [-0.2, -0.15) is 0 Å². The number of carbonyl (C=O) groups excluding carboxylic acids is 1. The molecule has 2 aromatic carbocycles. The van der Waals surface area contributed by atoms with E-state index in [1.165, 1.54) is 11.3 Å². The van der Waals surface area contributed by atoms with Crippen molar-refractivity contribution < 1.29 is 14.7 Å². The van der Waals surface area contributed by atoms with Crippen LogP contribution in [-0.2, 0) is 4.79 Å². The summed E-state index contributed by atoms with van der Waals surface area (Å²) in [6.45, 7) is 4.01. The van der Waals surface area contributed by atoms with Crippen LogP contribution in [-0.4, -0.2) is 17.0 Å². The number of aromatic carboxylic acids is 1. The molecule has 27 heavy (non-hydrogen) atoms. The highest BCUT2D eigenvalue weighted by Crippen LogP contribution is 2.49. The van der Waals surface area contributed by atoms with Crippen LogP contribution < -0.4 is 5.32 Å². The molecule has 1 amide bonds. The minimum Gasteiger partial charge on any atom is -0.477 e. The fraction of sp³-hybridized carbons (Fsp3) is 0.182. The molecule has 2 N–H and O–H groups in total. The number of benzene rings is 2. The van der Waals surface area contributed by atoms with E-state index >= 15 is 0 Å². The van der Waals surface area contributed by atoms with Crippen LogP contribution in [0.4, 0.5) is 5.69 Å². The molecule has 1 aliphatic rings. The molecule has 4 rings (SSSR count). The smallest absolute Gasteiger partial charge is 0.346 e. The fourth-order valence-electron chi connectivity index (χ4n) is 3.50. The molecule has 0 saturated carbocycles. The molecule has 0 radical (unpaired) electrons. The van der Waals surface area contributed by atoms with E-state index in [4.69, 9.17) is 0 Å². The molecule has 4 nitrogen and oxygen atoms in total. The van der Waals surface area contributed by atoms with Crippen molar-refractivity contribution in [1.29, 1.82) is 0 Å². The first-order chi connectivity index (χ1) is 12.9. The van der Waals surface area contributed by atoms with Gasteiger partial charge in [-0.15, -0.1) is 11.3 Å². The van der Waals surface area contributed by atoms with Gasteiger partial charge in [0, 0.05) is 22.8 Å². The predicted octanol–water partition coefficient (Wildman–Crippen LogP) is 5.20. The van der Waals surface area contributed by atoms with Crippen LogP contribution in [0.2, 0.25) is 0 Å². The summed E-state index contributed by atoms with van der Waals surface area (Å²) in [5.74, 6) is -1.19. The third kappa shape index (κ3) is 3.15. The lowest BCUT2D eigenvalue weighted by molar-refractivity contribution is -0.116. The van der Waals surface area contributed by atoms with Crippen LogP contribution in [0.25, 0.3) is 11.1 Å². The van der Waals surface area contributed by atoms with Crippen molar-refractivity contribution in [3.8, 4) is 11.1 Å². The molecule has 5 heteroatoms. The quantitative estimate of drug-likeness (QED) is 0.659. The Morgan fingerprint density at radius 1 is 1.04 bits per heavy atom. The number of amides is 1. The van der Waals surface area contributed by atoms with Crippen molar-refractivity contribution in [3.05, 3.63) is 75.0 Å². The second kappa shape index (κ2) is 6.67. The number of anilines is 1. The summed E-state index contributed by atoms with van der Waals surface area (Å²) in [6.07, 6.45) is 0.322. The van der Waals surface area contributed by atoms with Crippen LogP contribution in [0.1, 0.15) is 43.6 Å². The number of hydrogen-bond donors (Lipinski definition) is 2. The maximum atomic E-state index is 12.4. The van der Waals surface area contributed by atoms with E-state index in [1.54, 1.807) is 0 Å². The van der Waals surface area contributed by atoms with Gasteiger partial charge in [0.2, 0.25) is 5.91 Å². The van der Waals surface area contributed by atoms with Gasteiger partial charge < -0.3 is 10.4 Å². The van der Waals surface area contributed by atoms with E-state index in [1.807, 2.05) is 62.4 Å².